The standard InChI is InChI=1S/C47H70N4O12/c1-13-36-47(10,58-25-52)40(48)29(6)37(53)27(4)23-46(9,63-45(57)49-20-16-17-32-22-33-18-14-15-19-34(33)50-24-32)41(62-44-38(54)35(51(11)12)21-28(5)59-44)30(7)39(31(8)43(56)60-36)61-42(55)26(2)3/h14-19,22,24-31,35-36,38-41,44,54H,13,20-21,23,48H2,1-12H3,(H,49,57)/b17-16+/t27-,28-,29+,30+,31-,35+,36-,38-,39+,40-,41-,44+,46-,47-/m1/s1. The van der Waals surface area contributed by atoms with E-state index in [4.69, 9.17) is 34.2 Å². The molecular weight excluding hydrogens is 813 g/mol. The lowest BCUT2D eigenvalue weighted by Crippen LogP contribution is -2.63. The van der Waals surface area contributed by atoms with E-state index in [1.54, 1.807) is 60.7 Å². The molecule has 4 N–H and O–H groups in total. The molecule has 350 valence electrons. The zero-order chi connectivity index (χ0) is 47.0. The number of nitrogens with two attached hydrogens (primary N) is 1. The first-order valence-electron chi connectivity index (χ1n) is 22.0. The van der Waals surface area contributed by atoms with E-state index in [0.717, 1.165) is 16.5 Å². The van der Waals surface area contributed by atoms with Gasteiger partial charge >= 0.3 is 18.0 Å². The van der Waals surface area contributed by atoms with Crippen LogP contribution in [0.1, 0.15) is 94.1 Å². The van der Waals surface area contributed by atoms with Gasteiger partial charge in [0.1, 0.15) is 35.8 Å². The molecule has 1 aromatic heterocycles. The van der Waals surface area contributed by atoms with Crippen LogP contribution in [0.25, 0.3) is 17.0 Å². The third-order valence-corrected chi connectivity index (χ3v) is 12.8. The number of carbonyl (C=O) groups is 5. The van der Waals surface area contributed by atoms with Crippen molar-refractivity contribution in [2.24, 2.45) is 35.3 Å². The number of rotatable bonds is 12. The summed E-state index contributed by atoms with van der Waals surface area (Å²) in [4.78, 5) is 74.7. The van der Waals surface area contributed by atoms with Gasteiger partial charge < -0.3 is 49.5 Å². The number of esters is 2. The SMILES string of the molecule is CC[C@H]1OC(=O)[C@H](C)[C@@H](OC(=O)C(C)C)[C@H](C)[C@@H](O[C@@H]2O[C@H](C)C[C@H](N(C)C)[C@H]2O)[C@](C)(OC(=O)NC/C=C/c2cnc3ccccc3c2)C[C@@H](C)C(=O)[C@H](C)[C@@H](N)[C@]1(C)OC=O. The average Bonchev–Trinajstić information content (AvgIpc) is 3.24. The van der Waals surface area contributed by atoms with Crippen LogP contribution < -0.4 is 11.1 Å². The Bertz CT molecular complexity index is 1930. The summed E-state index contributed by atoms with van der Waals surface area (Å²) in [6.07, 6.45) is -1.67. The number of hydrogen-bond acceptors (Lipinski definition) is 15. The van der Waals surface area contributed by atoms with Gasteiger partial charge in [0, 0.05) is 41.9 Å². The van der Waals surface area contributed by atoms with Gasteiger partial charge in [-0.15, -0.1) is 0 Å². The van der Waals surface area contributed by atoms with Gasteiger partial charge in [0.2, 0.25) is 0 Å². The van der Waals surface area contributed by atoms with E-state index in [0.29, 0.717) is 6.42 Å². The fraction of sp³-hybridized carbons (Fsp3) is 0.660. The highest BCUT2D eigenvalue weighted by molar-refractivity contribution is 5.84. The lowest BCUT2D eigenvalue weighted by atomic mass is 9.73. The number of aromatic nitrogens is 1. The fourth-order valence-electron chi connectivity index (χ4n) is 9.00. The van der Waals surface area contributed by atoms with Crippen molar-refractivity contribution in [3.05, 3.63) is 48.2 Å². The van der Waals surface area contributed by atoms with E-state index in [1.807, 2.05) is 62.3 Å². The Balaban J connectivity index is 1.85. The second kappa shape index (κ2) is 21.9. The number of pyridine rings is 1. The fourth-order valence-corrected chi connectivity index (χ4v) is 9.00. The van der Waals surface area contributed by atoms with E-state index in [-0.39, 0.29) is 37.7 Å². The van der Waals surface area contributed by atoms with Crippen LogP contribution in [0.2, 0.25) is 0 Å². The molecule has 2 saturated heterocycles. The van der Waals surface area contributed by atoms with Gasteiger partial charge in [0.25, 0.3) is 6.47 Å². The Hall–Kier alpha value is -4.48. The number of ether oxygens (including phenoxy) is 6. The molecule has 2 aromatic rings. The number of cyclic esters (lactones) is 1. The Morgan fingerprint density at radius 3 is 2.41 bits per heavy atom. The third-order valence-electron chi connectivity index (χ3n) is 12.8. The van der Waals surface area contributed by atoms with Gasteiger partial charge in [-0.2, -0.15) is 0 Å². The summed E-state index contributed by atoms with van der Waals surface area (Å²) in [5, 5.41) is 15.5. The first-order chi connectivity index (χ1) is 29.6. The predicted molar refractivity (Wildman–Crippen MR) is 236 cm³/mol. The van der Waals surface area contributed by atoms with Crippen molar-refractivity contribution in [1.29, 1.82) is 0 Å². The van der Waals surface area contributed by atoms with Crippen molar-refractivity contribution >= 4 is 47.3 Å². The zero-order valence-corrected chi connectivity index (χ0v) is 38.9. The van der Waals surface area contributed by atoms with Crippen molar-refractivity contribution in [1.82, 2.24) is 15.2 Å². The number of likely N-dealkylation sites (N-methyl/N-ethyl adjacent to an activating group) is 1. The van der Waals surface area contributed by atoms with Crippen LogP contribution in [0.5, 0.6) is 0 Å². The Morgan fingerprint density at radius 1 is 1.10 bits per heavy atom. The Labute approximate surface area is 371 Å². The molecule has 2 aliphatic heterocycles. The number of aliphatic hydroxyl groups excluding tert-OH is 1. The number of alkyl carbamates (subject to hydrolysis) is 1. The molecule has 16 heteroatoms. The van der Waals surface area contributed by atoms with Crippen molar-refractivity contribution in [3.63, 3.8) is 0 Å². The van der Waals surface area contributed by atoms with E-state index in [1.165, 1.54) is 13.8 Å². The summed E-state index contributed by atoms with van der Waals surface area (Å²) < 4.78 is 37.3. The number of amides is 1. The van der Waals surface area contributed by atoms with Crippen LogP contribution in [-0.2, 0) is 47.6 Å². The number of fused-ring (bicyclic) bond motifs is 1. The molecule has 2 fully saturated rings. The smallest absolute Gasteiger partial charge is 0.408 e. The molecule has 0 bridgehead atoms. The maximum absolute atomic E-state index is 14.5. The first-order valence-corrected chi connectivity index (χ1v) is 22.0. The molecule has 0 saturated carbocycles. The molecule has 0 spiro atoms. The highest BCUT2D eigenvalue weighted by Gasteiger charge is 2.54. The van der Waals surface area contributed by atoms with E-state index in [2.05, 4.69) is 10.3 Å². The first kappa shape index (κ1) is 51.2. The van der Waals surface area contributed by atoms with Crippen molar-refractivity contribution in [2.75, 3.05) is 20.6 Å². The number of hydrogen-bond donors (Lipinski definition) is 3. The van der Waals surface area contributed by atoms with Gasteiger partial charge in [0.15, 0.2) is 11.9 Å². The summed E-state index contributed by atoms with van der Waals surface area (Å²) in [6, 6.07) is 8.12. The highest BCUT2D eigenvalue weighted by Crippen LogP contribution is 2.41. The Kier molecular flexibility index (Phi) is 17.8. The van der Waals surface area contributed by atoms with E-state index < -0.39 is 102 Å². The minimum atomic E-state index is -1.75. The van der Waals surface area contributed by atoms with Crippen molar-refractivity contribution in [3.8, 4) is 0 Å². The van der Waals surface area contributed by atoms with Crippen LogP contribution in [0.4, 0.5) is 4.79 Å². The molecule has 3 heterocycles. The summed E-state index contributed by atoms with van der Waals surface area (Å²) in [6.45, 7) is 16.7. The Morgan fingerprint density at radius 2 is 1.78 bits per heavy atom. The van der Waals surface area contributed by atoms with Crippen LogP contribution in [-0.4, -0.2) is 126 Å². The van der Waals surface area contributed by atoms with Crippen molar-refractivity contribution in [2.45, 2.75) is 149 Å². The van der Waals surface area contributed by atoms with Gasteiger partial charge in [-0.1, -0.05) is 71.9 Å². The highest BCUT2D eigenvalue weighted by atomic mass is 16.7. The quantitative estimate of drug-likeness (QED) is 0.142. The van der Waals surface area contributed by atoms with Gasteiger partial charge in [-0.3, -0.25) is 24.2 Å². The predicted octanol–water partition coefficient (Wildman–Crippen LogP) is 5.21. The summed E-state index contributed by atoms with van der Waals surface area (Å²) in [7, 11) is 3.66. The minimum absolute atomic E-state index is 0.0427. The van der Waals surface area contributed by atoms with Crippen molar-refractivity contribution < 1.29 is 57.5 Å². The van der Waals surface area contributed by atoms with Crippen LogP contribution in [0.15, 0.2) is 42.6 Å². The van der Waals surface area contributed by atoms with Crippen LogP contribution in [0, 0.1) is 29.6 Å². The lowest BCUT2D eigenvalue weighted by Gasteiger charge is -2.48. The number of aliphatic hydroxyl groups is 1. The zero-order valence-electron chi connectivity index (χ0n) is 38.9. The van der Waals surface area contributed by atoms with Gasteiger partial charge in [0.05, 0.1) is 29.5 Å². The number of nitrogens with zero attached hydrogens (tertiary/aromatic N) is 2. The topological polar surface area (TPSA) is 215 Å². The normalized spacial score (nSPS) is 34.9. The minimum Gasteiger partial charge on any atom is -0.461 e. The maximum atomic E-state index is 14.5. The molecule has 4 rings (SSSR count). The van der Waals surface area contributed by atoms with E-state index >= 15 is 0 Å². The van der Waals surface area contributed by atoms with Crippen LogP contribution >= 0.6 is 0 Å². The number of para-hydroxylation sites is 1. The molecule has 16 nitrogen and oxygen atoms in total. The number of nitrogens with one attached hydrogen (secondary N) is 1. The molecular formula is C47H70N4O12. The molecule has 0 radical (unpaired) electrons. The number of Topliss-reactive ketones (excluding diaryl/α,β-unsaturated/α-hetero) is 1. The van der Waals surface area contributed by atoms with Gasteiger partial charge in [-0.05, 0) is 78.7 Å². The number of benzene rings is 1. The summed E-state index contributed by atoms with van der Waals surface area (Å²) in [5.74, 6) is -6.44. The largest absolute Gasteiger partial charge is 0.461 e. The third kappa shape index (κ3) is 12.2. The number of ketones is 1. The average molecular weight is 883 g/mol. The molecule has 2 aliphatic rings. The molecule has 0 aliphatic carbocycles. The summed E-state index contributed by atoms with van der Waals surface area (Å²) >= 11 is 0. The monoisotopic (exact) mass is 882 g/mol. The maximum Gasteiger partial charge on any atom is 0.408 e. The van der Waals surface area contributed by atoms with E-state index in [9.17, 15) is 29.1 Å². The molecule has 1 amide bonds. The van der Waals surface area contributed by atoms with Gasteiger partial charge in [-0.25, -0.2) is 4.79 Å². The molecule has 0 unspecified atom stereocenters. The molecule has 1 aromatic carbocycles. The molecule has 14 atom stereocenters. The summed E-state index contributed by atoms with van der Waals surface area (Å²) in [5.41, 5.74) is 5.05. The second-order valence-corrected chi connectivity index (χ2v) is 18.3. The number of carbonyl (C=O) groups excluding carboxylic acids is 5. The second-order valence-electron chi connectivity index (χ2n) is 18.3. The van der Waals surface area contributed by atoms with Crippen LogP contribution in [0.3, 0.4) is 0 Å². The lowest BCUT2D eigenvalue weighted by molar-refractivity contribution is -0.298. The molecule has 63 heavy (non-hydrogen) atoms.